The molecule has 2 heterocycles. The summed E-state index contributed by atoms with van der Waals surface area (Å²) in [7, 11) is 2.00. The van der Waals surface area contributed by atoms with Crippen molar-refractivity contribution >= 4 is 22.9 Å². The Labute approximate surface area is 104 Å². The summed E-state index contributed by atoms with van der Waals surface area (Å²) >= 11 is 7.59. The Morgan fingerprint density at radius 1 is 1.50 bits per heavy atom. The molecule has 0 radical (unpaired) electrons. The van der Waals surface area contributed by atoms with Crippen LogP contribution >= 0.6 is 22.9 Å². The maximum absolute atomic E-state index is 5.91. The van der Waals surface area contributed by atoms with Gasteiger partial charge in [-0.2, -0.15) is 0 Å². The monoisotopic (exact) mass is 255 g/mol. The van der Waals surface area contributed by atoms with E-state index in [1.54, 1.807) is 11.3 Å². The number of nitrogens with zero attached hydrogens (tertiary/aromatic N) is 2. The molecule has 86 valence electrons. The van der Waals surface area contributed by atoms with Crippen LogP contribution in [0.5, 0.6) is 0 Å². The van der Waals surface area contributed by atoms with Gasteiger partial charge in [0, 0.05) is 43.1 Å². The molecule has 5 heteroatoms. The lowest BCUT2D eigenvalue weighted by Crippen LogP contribution is -2.14. The van der Waals surface area contributed by atoms with E-state index in [1.807, 2.05) is 30.8 Å². The first kappa shape index (κ1) is 11.6. The lowest BCUT2D eigenvalue weighted by Gasteiger charge is -2.03. The predicted molar refractivity (Wildman–Crippen MR) is 67.8 cm³/mol. The number of aryl methyl sites for hydroxylation is 2. The lowest BCUT2D eigenvalue weighted by molar-refractivity contribution is 0.652. The summed E-state index contributed by atoms with van der Waals surface area (Å²) in [5.74, 6) is 0. The Hall–Kier alpha value is -0.840. The molecule has 0 spiro atoms. The Kier molecular flexibility index (Phi) is 3.63. The largest absolute Gasteiger partial charge is 0.352 e. The van der Waals surface area contributed by atoms with Crippen molar-refractivity contribution < 1.29 is 0 Å². The molecule has 0 aliphatic rings. The first-order valence-electron chi connectivity index (χ1n) is 5.07. The number of thiazole rings is 1. The highest BCUT2D eigenvalue weighted by atomic mass is 35.5. The highest BCUT2D eigenvalue weighted by molar-refractivity contribution is 7.09. The molecule has 1 N–H and O–H groups in total. The van der Waals surface area contributed by atoms with Crippen molar-refractivity contribution in [1.29, 1.82) is 0 Å². The van der Waals surface area contributed by atoms with E-state index in [2.05, 4.69) is 15.7 Å². The molecule has 0 bridgehead atoms. The third-order valence-corrected chi connectivity index (χ3v) is 3.50. The van der Waals surface area contributed by atoms with Gasteiger partial charge in [-0.1, -0.05) is 11.6 Å². The van der Waals surface area contributed by atoms with Gasteiger partial charge in [-0.15, -0.1) is 11.3 Å². The number of hydrogen-bond acceptors (Lipinski definition) is 3. The van der Waals surface area contributed by atoms with Crippen LogP contribution in [0.15, 0.2) is 17.6 Å². The number of nitrogens with one attached hydrogen (secondary N) is 1. The van der Waals surface area contributed by atoms with Gasteiger partial charge in [-0.05, 0) is 13.0 Å². The minimum atomic E-state index is 0.782. The van der Waals surface area contributed by atoms with E-state index in [0.29, 0.717) is 0 Å². The maximum atomic E-state index is 5.91. The van der Waals surface area contributed by atoms with Crippen LogP contribution in [0.4, 0.5) is 0 Å². The summed E-state index contributed by atoms with van der Waals surface area (Å²) in [6.07, 6.45) is 1.91. The Morgan fingerprint density at radius 2 is 2.31 bits per heavy atom. The highest BCUT2D eigenvalue weighted by Crippen LogP contribution is 2.13. The molecule has 3 nitrogen and oxygen atoms in total. The van der Waals surface area contributed by atoms with Crippen molar-refractivity contribution in [3.05, 3.63) is 39.1 Å². The standard InChI is InChI=1S/C11H14ClN3S/c1-8-7-16-11(14-8)5-13-4-10-3-9(12)6-15(10)2/h3,6-7,13H,4-5H2,1-2H3. The van der Waals surface area contributed by atoms with Gasteiger partial charge in [0.2, 0.25) is 0 Å². The first-order chi connectivity index (χ1) is 7.65. The van der Waals surface area contributed by atoms with Crippen LogP contribution in [-0.2, 0) is 20.1 Å². The molecule has 0 aromatic carbocycles. The molecule has 0 aliphatic heterocycles. The summed E-state index contributed by atoms with van der Waals surface area (Å²) in [6, 6.07) is 1.97. The fraction of sp³-hybridized carbons (Fsp3) is 0.364. The van der Waals surface area contributed by atoms with Gasteiger partial charge >= 0.3 is 0 Å². The highest BCUT2D eigenvalue weighted by Gasteiger charge is 2.02. The van der Waals surface area contributed by atoms with Crippen molar-refractivity contribution in [1.82, 2.24) is 14.9 Å². The van der Waals surface area contributed by atoms with Crippen molar-refractivity contribution in [3.63, 3.8) is 0 Å². The minimum absolute atomic E-state index is 0.782. The second kappa shape index (κ2) is 4.99. The number of halogens is 1. The zero-order valence-electron chi connectivity index (χ0n) is 9.33. The third-order valence-electron chi connectivity index (χ3n) is 2.32. The molecule has 16 heavy (non-hydrogen) atoms. The van der Waals surface area contributed by atoms with Crippen molar-refractivity contribution in [2.75, 3.05) is 0 Å². The van der Waals surface area contributed by atoms with Gasteiger partial charge in [-0.25, -0.2) is 4.98 Å². The van der Waals surface area contributed by atoms with Crippen molar-refractivity contribution in [3.8, 4) is 0 Å². The average Bonchev–Trinajstić information content (AvgIpc) is 2.74. The van der Waals surface area contributed by atoms with E-state index in [-0.39, 0.29) is 0 Å². The van der Waals surface area contributed by atoms with Crippen LogP contribution in [0.1, 0.15) is 16.4 Å². The van der Waals surface area contributed by atoms with E-state index < -0.39 is 0 Å². The lowest BCUT2D eigenvalue weighted by atomic mass is 10.4. The second-order valence-corrected chi connectivity index (χ2v) is 5.13. The molecule has 0 amide bonds. The van der Waals surface area contributed by atoms with Crippen LogP contribution < -0.4 is 5.32 Å². The zero-order chi connectivity index (χ0) is 11.5. The summed E-state index contributed by atoms with van der Waals surface area (Å²) < 4.78 is 2.03. The van der Waals surface area contributed by atoms with Crippen LogP contribution in [0.25, 0.3) is 0 Å². The van der Waals surface area contributed by atoms with E-state index >= 15 is 0 Å². The fourth-order valence-electron chi connectivity index (χ4n) is 1.52. The number of aromatic nitrogens is 2. The van der Waals surface area contributed by atoms with Crippen LogP contribution in [-0.4, -0.2) is 9.55 Å². The smallest absolute Gasteiger partial charge is 0.107 e. The molecule has 0 fully saturated rings. The van der Waals surface area contributed by atoms with E-state index in [4.69, 9.17) is 11.6 Å². The predicted octanol–water partition coefficient (Wildman–Crippen LogP) is 2.73. The molecular weight excluding hydrogens is 242 g/mol. The van der Waals surface area contributed by atoms with Crippen molar-refractivity contribution in [2.45, 2.75) is 20.0 Å². The Balaban J connectivity index is 1.86. The van der Waals surface area contributed by atoms with E-state index in [1.165, 1.54) is 5.69 Å². The van der Waals surface area contributed by atoms with E-state index in [0.717, 1.165) is 28.8 Å². The van der Waals surface area contributed by atoms with Crippen LogP contribution in [0.3, 0.4) is 0 Å². The Morgan fingerprint density at radius 3 is 2.88 bits per heavy atom. The number of hydrogen-bond donors (Lipinski definition) is 1. The van der Waals surface area contributed by atoms with E-state index in [9.17, 15) is 0 Å². The summed E-state index contributed by atoms with van der Waals surface area (Å²) in [5, 5.41) is 7.32. The summed E-state index contributed by atoms with van der Waals surface area (Å²) in [5.41, 5.74) is 2.27. The first-order valence-corrected chi connectivity index (χ1v) is 6.33. The van der Waals surface area contributed by atoms with Gasteiger partial charge in [0.1, 0.15) is 5.01 Å². The molecular formula is C11H14ClN3S. The van der Waals surface area contributed by atoms with Crippen LogP contribution in [0.2, 0.25) is 5.02 Å². The number of rotatable bonds is 4. The van der Waals surface area contributed by atoms with Gasteiger partial charge in [0.25, 0.3) is 0 Å². The molecule has 0 saturated heterocycles. The normalized spacial score (nSPS) is 10.9. The second-order valence-electron chi connectivity index (χ2n) is 3.75. The van der Waals surface area contributed by atoms with Gasteiger partial charge in [-0.3, -0.25) is 0 Å². The SMILES string of the molecule is Cc1csc(CNCc2cc(Cl)cn2C)n1. The van der Waals surface area contributed by atoms with Crippen LogP contribution in [0, 0.1) is 6.92 Å². The van der Waals surface area contributed by atoms with Crippen molar-refractivity contribution in [2.24, 2.45) is 7.05 Å². The molecule has 0 saturated carbocycles. The quantitative estimate of drug-likeness (QED) is 0.911. The molecule has 2 rings (SSSR count). The minimum Gasteiger partial charge on any atom is -0.352 e. The topological polar surface area (TPSA) is 29.9 Å². The third kappa shape index (κ3) is 2.84. The Bertz CT molecular complexity index is 475. The average molecular weight is 256 g/mol. The molecule has 0 atom stereocenters. The fourth-order valence-corrected chi connectivity index (χ4v) is 2.54. The van der Waals surface area contributed by atoms with Gasteiger partial charge < -0.3 is 9.88 Å². The zero-order valence-corrected chi connectivity index (χ0v) is 10.9. The summed E-state index contributed by atoms with van der Waals surface area (Å²) in [4.78, 5) is 4.39. The van der Waals surface area contributed by atoms with Gasteiger partial charge in [0.05, 0.1) is 5.02 Å². The van der Waals surface area contributed by atoms with Gasteiger partial charge in [0.15, 0.2) is 0 Å². The molecule has 0 aliphatic carbocycles. The summed E-state index contributed by atoms with van der Waals surface area (Å²) in [6.45, 7) is 3.63. The molecule has 2 aromatic heterocycles. The molecule has 2 aromatic rings. The molecule has 0 unspecified atom stereocenters. The maximum Gasteiger partial charge on any atom is 0.107 e.